The summed E-state index contributed by atoms with van der Waals surface area (Å²) >= 11 is 0. The summed E-state index contributed by atoms with van der Waals surface area (Å²) in [7, 11) is 0. The van der Waals surface area contributed by atoms with Crippen LogP contribution in [0.5, 0.6) is 0 Å². The third-order valence-electron chi connectivity index (χ3n) is 1.97. The third kappa shape index (κ3) is 6.01. The van der Waals surface area contributed by atoms with Crippen LogP contribution >= 0.6 is 0 Å². The Morgan fingerprint density at radius 1 is 1.00 bits per heavy atom. The van der Waals surface area contributed by atoms with Crippen molar-refractivity contribution in [2.24, 2.45) is 0 Å². The average molecular weight is 226 g/mol. The molecule has 0 fully saturated rings. The van der Waals surface area contributed by atoms with Crippen LogP contribution in [0.1, 0.15) is 27.7 Å². The molecule has 4 nitrogen and oxygen atoms in total. The van der Waals surface area contributed by atoms with Crippen LogP contribution in [0.4, 0.5) is 0 Å². The second-order valence-corrected chi connectivity index (χ2v) is 3.80. The molecule has 0 atom stereocenters. The van der Waals surface area contributed by atoms with Gasteiger partial charge < -0.3 is 9.47 Å². The second-order valence-electron chi connectivity index (χ2n) is 3.80. The van der Waals surface area contributed by atoms with Crippen LogP contribution in [0, 0.1) is 0 Å². The number of rotatable bonds is 5. The monoisotopic (exact) mass is 226 g/mol. The van der Waals surface area contributed by atoms with Gasteiger partial charge in [-0.2, -0.15) is 0 Å². The van der Waals surface area contributed by atoms with Crippen molar-refractivity contribution in [3.63, 3.8) is 0 Å². The highest BCUT2D eigenvalue weighted by Crippen LogP contribution is 2.02. The second kappa shape index (κ2) is 6.82. The van der Waals surface area contributed by atoms with Crippen LogP contribution < -0.4 is 0 Å². The summed E-state index contributed by atoms with van der Waals surface area (Å²) in [4.78, 5) is 22.1. The maximum absolute atomic E-state index is 11.1. The van der Waals surface area contributed by atoms with E-state index in [0.717, 1.165) is 11.1 Å². The predicted octanol–water partition coefficient (Wildman–Crippen LogP) is 2.01. The van der Waals surface area contributed by atoms with Crippen LogP contribution in [-0.4, -0.2) is 25.2 Å². The van der Waals surface area contributed by atoms with E-state index in [1.54, 1.807) is 0 Å². The minimum atomic E-state index is -0.587. The van der Waals surface area contributed by atoms with E-state index >= 15 is 0 Å². The molecule has 0 aliphatic heterocycles. The number of allylic oxidation sites excluding steroid dienone is 1. The molecule has 0 radical (unpaired) electrons. The van der Waals surface area contributed by atoms with E-state index in [9.17, 15) is 9.59 Å². The van der Waals surface area contributed by atoms with Crippen molar-refractivity contribution in [2.45, 2.75) is 27.7 Å². The fourth-order valence-corrected chi connectivity index (χ4v) is 0.622. The van der Waals surface area contributed by atoms with Crippen LogP contribution in [-0.2, 0) is 19.1 Å². The average Bonchev–Trinajstić information content (AvgIpc) is 2.21. The minimum Gasteiger partial charge on any atom is -0.459 e. The van der Waals surface area contributed by atoms with E-state index in [4.69, 9.17) is 4.74 Å². The zero-order chi connectivity index (χ0) is 12.7. The van der Waals surface area contributed by atoms with Gasteiger partial charge in [-0.05, 0) is 33.3 Å². The molecule has 0 N–H and O–H groups in total. The molecule has 90 valence electrons. The molecule has 0 unspecified atom stereocenters. The number of hydrogen-bond donors (Lipinski definition) is 0. The number of esters is 2. The van der Waals surface area contributed by atoms with Crippen molar-refractivity contribution in [1.82, 2.24) is 0 Å². The lowest BCUT2D eigenvalue weighted by Gasteiger charge is -2.07. The lowest BCUT2D eigenvalue weighted by atomic mass is 10.2. The summed E-state index contributed by atoms with van der Waals surface area (Å²) in [6.45, 7) is 10.5. The zero-order valence-corrected chi connectivity index (χ0v) is 10.3. The lowest BCUT2D eigenvalue weighted by molar-refractivity contribution is -0.155. The molecule has 0 bridgehead atoms. The van der Waals surface area contributed by atoms with E-state index in [1.807, 2.05) is 20.8 Å². The van der Waals surface area contributed by atoms with Gasteiger partial charge in [-0.1, -0.05) is 12.2 Å². The van der Waals surface area contributed by atoms with Gasteiger partial charge in [-0.15, -0.1) is 0 Å². The molecule has 0 amide bonds. The fourth-order valence-electron chi connectivity index (χ4n) is 0.622. The van der Waals surface area contributed by atoms with Gasteiger partial charge in [0.25, 0.3) is 0 Å². The maximum atomic E-state index is 11.1. The highest BCUT2D eigenvalue weighted by atomic mass is 16.6. The van der Waals surface area contributed by atoms with Gasteiger partial charge in [0, 0.05) is 5.57 Å². The molecule has 0 spiro atoms. The maximum Gasteiger partial charge on any atom is 0.344 e. The Hall–Kier alpha value is -1.58. The Kier molecular flexibility index (Phi) is 6.15. The molecular weight excluding hydrogens is 208 g/mol. The van der Waals surface area contributed by atoms with Crippen LogP contribution in [0.3, 0.4) is 0 Å². The molecule has 0 rings (SSSR count). The van der Waals surface area contributed by atoms with E-state index in [-0.39, 0.29) is 18.8 Å². The summed E-state index contributed by atoms with van der Waals surface area (Å²) in [6, 6.07) is 0. The fraction of sp³-hybridized carbons (Fsp3) is 0.500. The normalized spacial score (nSPS) is 9.25. The van der Waals surface area contributed by atoms with Crippen LogP contribution in [0.25, 0.3) is 0 Å². The van der Waals surface area contributed by atoms with Crippen LogP contribution in [0.2, 0.25) is 0 Å². The molecule has 4 heteroatoms. The first-order valence-electron chi connectivity index (χ1n) is 4.95. The van der Waals surface area contributed by atoms with E-state index in [1.165, 1.54) is 6.92 Å². The van der Waals surface area contributed by atoms with Crippen LogP contribution in [0.15, 0.2) is 23.3 Å². The first kappa shape index (κ1) is 14.4. The van der Waals surface area contributed by atoms with Gasteiger partial charge in [0.2, 0.25) is 0 Å². The molecule has 0 saturated carbocycles. The van der Waals surface area contributed by atoms with Gasteiger partial charge in [0.15, 0.2) is 6.61 Å². The Balaban J connectivity index is 3.89. The first-order chi connectivity index (χ1) is 7.34. The molecule has 0 aliphatic rings. The third-order valence-corrected chi connectivity index (χ3v) is 1.97. The molecule has 0 aliphatic carbocycles. The summed E-state index contributed by atoms with van der Waals surface area (Å²) in [5.74, 6) is -1.15. The summed E-state index contributed by atoms with van der Waals surface area (Å²) in [6.07, 6.45) is 0. The number of ether oxygens (including phenoxy) is 2. The van der Waals surface area contributed by atoms with Crippen molar-refractivity contribution in [3.8, 4) is 0 Å². The largest absolute Gasteiger partial charge is 0.459 e. The van der Waals surface area contributed by atoms with Crippen molar-refractivity contribution in [1.29, 1.82) is 0 Å². The van der Waals surface area contributed by atoms with Crippen molar-refractivity contribution < 1.29 is 19.1 Å². The van der Waals surface area contributed by atoms with Gasteiger partial charge in [0.1, 0.15) is 6.61 Å². The van der Waals surface area contributed by atoms with Gasteiger partial charge in [-0.3, -0.25) is 0 Å². The Morgan fingerprint density at radius 3 is 2.00 bits per heavy atom. The standard InChI is InChI=1S/C12H18O4/c1-8(2)10(5)6-15-11(13)7-16-12(14)9(3)4/h3,6-7H2,1-2,4-5H3. The molecule has 16 heavy (non-hydrogen) atoms. The highest BCUT2D eigenvalue weighted by molar-refractivity contribution is 5.88. The summed E-state index contributed by atoms with van der Waals surface area (Å²) in [5.41, 5.74) is 2.35. The van der Waals surface area contributed by atoms with Gasteiger partial charge >= 0.3 is 11.9 Å². The highest BCUT2D eigenvalue weighted by Gasteiger charge is 2.09. The van der Waals surface area contributed by atoms with E-state index < -0.39 is 11.9 Å². The summed E-state index contributed by atoms with van der Waals surface area (Å²) in [5, 5.41) is 0. The Labute approximate surface area is 95.9 Å². The van der Waals surface area contributed by atoms with E-state index in [0.29, 0.717) is 0 Å². The molecular formula is C12H18O4. The predicted molar refractivity (Wildman–Crippen MR) is 60.8 cm³/mol. The SMILES string of the molecule is C=C(C)C(=O)OCC(=O)OCC(C)=C(C)C. The topological polar surface area (TPSA) is 52.6 Å². The smallest absolute Gasteiger partial charge is 0.344 e. The molecule has 0 aromatic heterocycles. The first-order valence-corrected chi connectivity index (χ1v) is 4.95. The number of hydrogen-bond acceptors (Lipinski definition) is 4. The molecule has 0 heterocycles. The van der Waals surface area contributed by atoms with Gasteiger partial charge in [-0.25, -0.2) is 9.59 Å². The number of carbonyl (C=O) groups is 2. The molecule has 0 saturated heterocycles. The molecule has 0 aromatic carbocycles. The quantitative estimate of drug-likeness (QED) is 0.409. The van der Waals surface area contributed by atoms with E-state index in [2.05, 4.69) is 11.3 Å². The van der Waals surface area contributed by atoms with Gasteiger partial charge in [0.05, 0.1) is 0 Å². The van der Waals surface area contributed by atoms with Crippen molar-refractivity contribution in [3.05, 3.63) is 23.3 Å². The molecule has 0 aromatic rings. The lowest BCUT2D eigenvalue weighted by Crippen LogP contribution is -2.17. The number of carbonyl (C=O) groups excluding carboxylic acids is 2. The minimum absolute atomic E-state index is 0.228. The van der Waals surface area contributed by atoms with Crippen molar-refractivity contribution in [2.75, 3.05) is 13.2 Å². The van der Waals surface area contributed by atoms with Crippen molar-refractivity contribution >= 4 is 11.9 Å². The Bertz CT molecular complexity index is 322. The summed E-state index contributed by atoms with van der Waals surface area (Å²) < 4.78 is 9.52. The Morgan fingerprint density at radius 2 is 1.56 bits per heavy atom. The zero-order valence-electron chi connectivity index (χ0n) is 10.3.